The summed E-state index contributed by atoms with van der Waals surface area (Å²) in [4.78, 5) is 16.3. The Labute approximate surface area is 117 Å². The van der Waals surface area contributed by atoms with Crippen molar-refractivity contribution in [2.24, 2.45) is 0 Å². The maximum Gasteiger partial charge on any atom is 0.255 e. The van der Waals surface area contributed by atoms with Crippen LogP contribution in [0.2, 0.25) is 0 Å². The number of carbonyl (C=O) groups is 1. The molecule has 0 bridgehead atoms. The lowest BCUT2D eigenvalue weighted by Crippen LogP contribution is -2.13. The van der Waals surface area contributed by atoms with Gasteiger partial charge in [0.2, 0.25) is 0 Å². The van der Waals surface area contributed by atoms with E-state index in [1.807, 2.05) is 13.0 Å². The molecule has 1 aromatic carbocycles. The number of amides is 1. The number of anilines is 2. The summed E-state index contributed by atoms with van der Waals surface area (Å²) in [5, 5.41) is 11.5. The number of carbonyl (C=O) groups excluding carboxylic acids is 1. The van der Waals surface area contributed by atoms with Crippen LogP contribution in [0, 0.1) is 11.3 Å². The normalized spacial score (nSPS) is 9.80. The fraction of sp³-hybridized carbons (Fsp3) is 0.133. The second-order valence-electron chi connectivity index (χ2n) is 4.27. The average molecular weight is 266 g/mol. The van der Waals surface area contributed by atoms with Gasteiger partial charge >= 0.3 is 0 Å². The highest BCUT2D eigenvalue weighted by Crippen LogP contribution is 2.13. The number of rotatable bonds is 3. The van der Waals surface area contributed by atoms with E-state index in [-0.39, 0.29) is 5.91 Å². The molecule has 0 atom stereocenters. The van der Waals surface area contributed by atoms with Gasteiger partial charge in [0, 0.05) is 16.9 Å². The van der Waals surface area contributed by atoms with Gasteiger partial charge in [-0.15, -0.1) is 0 Å². The van der Waals surface area contributed by atoms with Gasteiger partial charge in [0.05, 0.1) is 11.6 Å². The summed E-state index contributed by atoms with van der Waals surface area (Å²) in [5.41, 5.74) is 8.09. The number of aryl methyl sites for hydroxylation is 1. The Balaban J connectivity index is 2.19. The third-order valence-electron chi connectivity index (χ3n) is 2.79. The van der Waals surface area contributed by atoms with Crippen molar-refractivity contribution in [3.8, 4) is 6.07 Å². The van der Waals surface area contributed by atoms with Crippen molar-refractivity contribution >= 4 is 17.4 Å². The van der Waals surface area contributed by atoms with Crippen LogP contribution in [0.1, 0.15) is 28.5 Å². The van der Waals surface area contributed by atoms with Crippen molar-refractivity contribution < 1.29 is 4.79 Å². The first-order chi connectivity index (χ1) is 9.62. The Morgan fingerprint density at radius 2 is 2.05 bits per heavy atom. The molecular formula is C15H14N4O. The second kappa shape index (κ2) is 5.85. The van der Waals surface area contributed by atoms with Crippen molar-refractivity contribution in [1.29, 1.82) is 5.26 Å². The third-order valence-corrected chi connectivity index (χ3v) is 2.79. The zero-order valence-corrected chi connectivity index (χ0v) is 11.1. The molecule has 2 rings (SSSR count). The molecule has 5 nitrogen and oxygen atoms in total. The molecule has 0 saturated carbocycles. The van der Waals surface area contributed by atoms with Crippen LogP contribution in [0.3, 0.4) is 0 Å². The molecule has 3 N–H and O–H groups in total. The lowest BCUT2D eigenvalue weighted by Gasteiger charge is -2.07. The summed E-state index contributed by atoms with van der Waals surface area (Å²) < 4.78 is 0. The Morgan fingerprint density at radius 3 is 2.65 bits per heavy atom. The van der Waals surface area contributed by atoms with Gasteiger partial charge in [-0.25, -0.2) is 4.98 Å². The van der Waals surface area contributed by atoms with Gasteiger partial charge in [-0.1, -0.05) is 6.92 Å². The molecule has 20 heavy (non-hydrogen) atoms. The topological polar surface area (TPSA) is 91.8 Å². The number of nitriles is 1. The van der Waals surface area contributed by atoms with E-state index in [0.717, 1.165) is 5.69 Å². The molecule has 0 aliphatic heterocycles. The first-order valence-corrected chi connectivity index (χ1v) is 6.20. The number of aromatic nitrogens is 1. The zero-order chi connectivity index (χ0) is 14.5. The highest BCUT2D eigenvalue weighted by Gasteiger charge is 2.09. The van der Waals surface area contributed by atoms with E-state index in [4.69, 9.17) is 11.0 Å². The van der Waals surface area contributed by atoms with Gasteiger partial charge in [0.25, 0.3) is 5.91 Å². The van der Waals surface area contributed by atoms with Gasteiger partial charge in [-0.05, 0) is 42.8 Å². The Morgan fingerprint density at radius 1 is 1.35 bits per heavy atom. The smallest absolute Gasteiger partial charge is 0.255 e. The van der Waals surface area contributed by atoms with Gasteiger partial charge < -0.3 is 11.1 Å². The first-order valence-electron chi connectivity index (χ1n) is 6.20. The van der Waals surface area contributed by atoms with Crippen LogP contribution in [0.15, 0.2) is 36.4 Å². The number of nitrogens with zero attached hydrogens (tertiary/aromatic N) is 2. The molecule has 0 fully saturated rings. The molecule has 0 radical (unpaired) electrons. The minimum atomic E-state index is -0.251. The van der Waals surface area contributed by atoms with Crippen molar-refractivity contribution in [2.75, 3.05) is 11.1 Å². The molecule has 0 spiro atoms. The summed E-state index contributed by atoms with van der Waals surface area (Å²) in [5.74, 6) is 0.0767. The number of nitrogens with two attached hydrogens (primary N) is 1. The number of pyridine rings is 1. The van der Waals surface area contributed by atoms with Crippen LogP contribution in [0.4, 0.5) is 11.5 Å². The van der Waals surface area contributed by atoms with E-state index in [2.05, 4.69) is 10.3 Å². The Kier molecular flexibility index (Phi) is 3.96. The minimum absolute atomic E-state index is 0.251. The van der Waals surface area contributed by atoms with Crippen LogP contribution in [0.5, 0.6) is 0 Å². The standard InChI is InChI=1S/C15H14N4O/c1-2-12-7-11(8-14(17)18-12)15(20)19-13-5-3-10(9-16)4-6-13/h3-8H,2H2,1H3,(H2,17,18)(H,19,20). The van der Waals surface area contributed by atoms with Crippen molar-refractivity contribution in [1.82, 2.24) is 4.98 Å². The second-order valence-corrected chi connectivity index (χ2v) is 4.27. The SMILES string of the molecule is CCc1cc(C(=O)Nc2ccc(C#N)cc2)cc(N)n1. The molecule has 1 heterocycles. The molecule has 2 aromatic rings. The lowest BCUT2D eigenvalue weighted by molar-refractivity contribution is 0.102. The van der Waals surface area contributed by atoms with Gasteiger partial charge in [-0.2, -0.15) is 5.26 Å². The molecule has 1 amide bonds. The maximum atomic E-state index is 12.1. The fourth-order valence-corrected chi connectivity index (χ4v) is 1.75. The van der Waals surface area contributed by atoms with E-state index >= 15 is 0 Å². The Bertz CT molecular complexity index is 671. The summed E-state index contributed by atoms with van der Waals surface area (Å²) in [7, 11) is 0. The summed E-state index contributed by atoms with van der Waals surface area (Å²) >= 11 is 0. The molecule has 100 valence electrons. The van der Waals surface area contributed by atoms with E-state index in [1.165, 1.54) is 6.07 Å². The van der Waals surface area contributed by atoms with E-state index in [9.17, 15) is 4.79 Å². The van der Waals surface area contributed by atoms with Gasteiger partial charge in [-0.3, -0.25) is 4.79 Å². The van der Waals surface area contributed by atoms with Crippen molar-refractivity contribution in [2.45, 2.75) is 13.3 Å². The third kappa shape index (κ3) is 3.12. The molecule has 0 unspecified atom stereocenters. The van der Waals surface area contributed by atoms with E-state index in [0.29, 0.717) is 29.1 Å². The quantitative estimate of drug-likeness (QED) is 0.891. The molecule has 0 aliphatic carbocycles. The molecular weight excluding hydrogens is 252 g/mol. The number of nitrogens with one attached hydrogen (secondary N) is 1. The highest BCUT2D eigenvalue weighted by molar-refractivity contribution is 6.04. The van der Waals surface area contributed by atoms with E-state index < -0.39 is 0 Å². The largest absolute Gasteiger partial charge is 0.384 e. The molecule has 1 aromatic heterocycles. The van der Waals surface area contributed by atoms with Gasteiger partial charge in [0.15, 0.2) is 0 Å². The first kappa shape index (κ1) is 13.6. The summed E-state index contributed by atoms with van der Waals surface area (Å²) in [6.07, 6.45) is 0.711. The highest BCUT2D eigenvalue weighted by atomic mass is 16.1. The zero-order valence-electron chi connectivity index (χ0n) is 11.1. The van der Waals surface area contributed by atoms with Gasteiger partial charge in [0.1, 0.15) is 5.82 Å². The van der Waals surface area contributed by atoms with Crippen LogP contribution < -0.4 is 11.1 Å². The summed E-state index contributed by atoms with van der Waals surface area (Å²) in [6.45, 7) is 1.95. The summed E-state index contributed by atoms with van der Waals surface area (Å²) in [6, 6.07) is 11.9. The number of hydrogen-bond donors (Lipinski definition) is 2. The molecule has 5 heteroatoms. The fourth-order valence-electron chi connectivity index (χ4n) is 1.75. The lowest BCUT2D eigenvalue weighted by atomic mass is 10.1. The Hall–Kier alpha value is -2.87. The minimum Gasteiger partial charge on any atom is -0.384 e. The van der Waals surface area contributed by atoms with Crippen LogP contribution in [-0.2, 0) is 6.42 Å². The number of hydrogen-bond acceptors (Lipinski definition) is 4. The van der Waals surface area contributed by atoms with Crippen molar-refractivity contribution in [3.63, 3.8) is 0 Å². The average Bonchev–Trinajstić information content (AvgIpc) is 2.47. The van der Waals surface area contributed by atoms with E-state index in [1.54, 1.807) is 30.3 Å². The number of nitrogen functional groups attached to an aromatic ring is 1. The monoisotopic (exact) mass is 266 g/mol. The maximum absolute atomic E-state index is 12.1. The van der Waals surface area contributed by atoms with Crippen LogP contribution in [-0.4, -0.2) is 10.9 Å². The molecule has 0 aliphatic rings. The molecule has 0 saturated heterocycles. The van der Waals surface area contributed by atoms with Crippen molar-refractivity contribution in [3.05, 3.63) is 53.2 Å². The van der Waals surface area contributed by atoms with Crippen LogP contribution >= 0.6 is 0 Å². The predicted molar refractivity (Wildman–Crippen MR) is 77.1 cm³/mol. The number of benzene rings is 1. The van der Waals surface area contributed by atoms with Crippen LogP contribution in [0.25, 0.3) is 0 Å². The predicted octanol–water partition coefficient (Wildman–Crippen LogP) is 2.35.